The molecule has 0 fully saturated rings. The van der Waals surface area contributed by atoms with Crippen molar-refractivity contribution in [3.8, 4) is 5.75 Å². The number of benzene rings is 2. The number of aromatic nitrogens is 1. The van der Waals surface area contributed by atoms with Crippen molar-refractivity contribution in [1.29, 1.82) is 0 Å². The van der Waals surface area contributed by atoms with E-state index in [4.69, 9.17) is 9.47 Å². The van der Waals surface area contributed by atoms with E-state index < -0.39 is 0 Å². The molecule has 2 aromatic carbocycles. The molecule has 0 unspecified atom stereocenters. The van der Waals surface area contributed by atoms with Gasteiger partial charge in [-0.1, -0.05) is 18.2 Å². The molecule has 0 atom stereocenters. The number of amides is 1. The second kappa shape index (κ2) is 8.41. The molecule has 0 saturated carbocycles. The number of carbonyl (C=O) groups is 1. The number of rotatable bonds is 7. The molecule has 0 aliphatic rings. The lowest BCUT2D eigenvalue weighted by atomic mass is 10.1. The Hall–Kier alpha value is -2.70. The molecule has 1 amide bonds. The normalized spacial score (nSPS) is 10.4. The van der Waals surface area contributed by atoms with Crippen LogP contribution < -0.4 is 10.1 Å². The van der Waals surface area contributed by atoms with Gasteiger partial charge in [0.2, 0.25) is 0 Å². The van der Waals surface area contributed by atoms with Crippen LogP contribution in [0.2, 0.25) is 0 Å². The molecule has 3 aromatic rings. The van der Waals surface area contributed by atoms with Crippen molar-refractivity contribution in [2.24, 2.45) is 0 Å². The molecule has 1 N–H and O–H groups in total. The number of hydrogen-bond donors (Lipinski definition) is 1. The van der Waals surface area contributed by atoms with Gasteiger partial charge in [-0.3, -0.25) is 4.79 Å². The minimum atomic E-state index is -0.186. The van der Waals surface area contributed by atoms with E-state index in [1.54, 1.807) is 30.8 Å². The van der Waals surface area contributed by atoms with Crippen molar-refractivity contribution in [3.63, 3.8) is 0 Å². The fourth-order valence-electron chi connectivity index (χ4n) is 2.30. The van der Waals surface area contributed by atoms with E-state index in [0.717, 1.165) is 16.9 Å². The highest BCUT2D eigenvalue weighted by molar-refractivity contribution is 7.07. The van der Waals surface area contributed by atoms with Crippen molar-refractivity contribution in [1.82, 2.24) is 4.98 Å². The molecular weight excluding hydrogens is 336 g/mol. The highest BCUT2D eigenvalue weighted by Crippen LogP contribution is 2.18. The Bertz CT molecular complexity index is 834. The Kier molecular flexibility index (Phi) is 5.77. The van der Waals surface area contributed by atoms with Gasteiger partial charge in [-0.2, -0.15) is 0 Å². The van der Waals surface area contributed by atoms with E-state index >= 15 is 0 Å². The summed E-state index contributed by atoms with van der Waals surface area (Å²) < 4.78 is 10.8. The van der Waals surface area contributed by atoms with Gasteiger partial charge in [-0.25, -0.2) is 4.98 Å². The van der Waals surface area contributed by atoms with Gasteiger partial charge in [-0.15, -0.1) is 11.3 Å². The first-order valence-electron chi connectivity index (χ1n) is 7.74. The molecule has 1 heterocycles. The van der Waals surface area contributed by atoms with Gasteiger partial charge in [-0.05, 0) is 35.9 Å². The second-order valence-corrected chi connectivity index (χ2v) is 6.10. The summed E-state index contributed by atoms with van der Waals surface area (Å²) in [5.74, 6) is 0.447. The molecular formula is C19H18N2O3S. The van der Waals surface area contributed by atoms with E-state index in [1.807, 2.05) is 35.7 Å². The highest BCUT2D eigenvalue weighted by atomic mass is 32.1. The van der Waals surface area contributed by atoms with Crippen molar-refractivity contribution in [3.05, 3.63) is 76.2 Å². The summed E-state index contributed by atoms with van der Waals surface area (Å²) in [5.41, 5.74) is 4.90. The quantitative estimate of drug-likeness (QED) is 0.693. The number of nitrogens with one attached hydrogen (secondary N) is 1. The number of carbonyl (C=O) groups excluding carboxylic acids is 1. The van der Waals surface area contributed by atoms with E-state index in [1.165, 1.54) is 11.3 Å². The fourth-order valence-corrected chi connectivity index (χ4v) is 2.85. The molecule has 128 valence electrons. The van der Waals surface area contributed by atoms with Crippen LogP contribution in [0.25, 0.3) is 0 Å². The zero-order valence-corrected chi connectivity index (χ0v) is 14.6. The summed E-state index contributed by atoms with van der Waals surface area (Å²) >= 11 is 1.52. The van der Waals surface area contributed by atoms with Crippen molar-refractivity contribution >= 4 is 22.9 Å². The zero-order chi connectivity index (χ0) is 17.5. The largest absolute Gasteiger partial charge is 0.487 e. The molecule has 6 heteroatoms. The summed E-state index contributed by atoms with van der Waals surface area (Å²) in [6, 6.07) is 14.7. The van der Waals surface area contributed by atoms with Gasteiger partial charge in [0.15, 0.2) is 0 Å². The third-order valence-corrected chi connectivity index (χ3v) is 4.10. The van der Waals surface area contributed by atoms with Crippen LogP contribution in [0.4, 0.5) is 5.69 Å². The maximum atomic E-state index is 12.5. The van der Waals surface area contributed by atoms with Gasteiger partial charge in [0.1, 0.15) is 12.4 Å². The van der Waals surface area contributed by atoms with Crippen molar-refractivity contribution in [2.75, 3.05) is 12.4 Å². The lowest BCUT2D eigenvalue weighted by molar-refractivity contribution is 0.102. The first-order valence-corrected chi connectivity index (χ1v) is 8.68. The average molecular weight is 354 g/mol. The number of methoxy groups -OCH3 is 1. The molecule has 0 bridgehead atoms. The highest BCUT2D eigenvalue weighted by Gasteiger charge is 2.08. The van der Waals surface area contributed by atoms with Crippen molar-refractivity contribution in [2.45, 2.75) is 13.2 Å². The molecule has 5 nitrogen and oxygen atoms in total. The average Bonchev–Trinajstić information content (AvgIpc) is 3.14. The van der Waals surface area contributed by atoms with Crippen LogP contribution in [-0.2, 0) is 18.0 Å². The third-order valence-electron chi connectivity index (χ3n) is 3.46. The van der Waals surface area contributed by atoms with E-state index in [2.05, 4.69) is 10.3 Å². The Morgan fingerprint density at radius 3 is 2.84 bits per heavy atom. The van der Waals surface area contributed by atoms with Gasteiger partial charge in [0.05, 0.1) is 17.8 Å². The Morgan fingerprint density at radius 2 is 2.04 bits per heavy atom. The predicted octanol–water partition coefficient (Wildman–Crippen LogP) is 4.12. The van der Waals surface area contributed by atoms with E-state index in [9.17, 15) is 4.79 Å². The van der Waals surface area contributed by atoms with Crippen LogP contribution in [0.5, 0.6) is 5.75 Å². The van der Waals surface area contributed by atoms with Gasteiger partial charge in [0, 0.05) is 23.7 Å². The molecule has 0 aliphatic heterocycles. The van der Waals surface area contributed by atoms with Crippen LogP contribution in [0.15, 0.2) is 59.4 Å². The van der Waals surface area contributed by atoms with Gasteiger partial charge >= 0.3 is 0 Å². The predicted molar refractivity (Wildman–Crippen MR) is 98.0 cm³/mol. The summed E-state index contributed by atoms with van der Waals surface area (Å²) in [4.78, 5) is 16.6. The van der Waals surface area contributed by atoms with E-state index in [-0.39, 0.29) is 5.91 Å². The molecule has 0 radical (unpaired) electrons. The van der Waals surface area contributed by atoms with Crippen LogP contribution >= 0.6 is 11.3 Å². The monoisotopic (exact) mass is 354 g/mol. The number of ether oxygens (including phenoxy) is 2. The summed E-state index contributed by atoms with van der Waals surface area (Å²) in [7, 11) is 1.64. The Morgan fingerprint density at radius 1 is 1.16 bits per heavy atom. The summed E-state index contributed by atoms with van der Waals surface area (Å²) in [5, 5.41) is 4.83. The minimum absolute atomic E-state index is 0.186. The van der Waals surface area contributed by atoms with E-state index in [0.29, 0.717) is 24.5 Å². The standard InChI is InChI=1S/C19H18N2O3S/c1-23-10-14-4-2-6-16(8-14)21-19(22)15-5-3-7-18(9-15)24-11-17-12-25-13-20-17/h2-9,12-13H,10-11H2,1H3,(H,21,22). The van der Waals surface area contributed by atoms with Gasteiger partial charge < -0.3 is 14.8 Å². The SMILES string of the molecule is COCc1cccc(NC(=O)c2cccc(OCc3cscn3)c2)c1. The van der Waals surface area contributed by atoms with Crippen molar-refractivity contribution < 1.29 is 14.3 Å². The van der Waals surface area contributed by atoms with Crippen LogP contribution in [0, 0.1) is 0 Å². The lowest BCUT2D eigenvalue weighted by Crippen LogP contribution is -2.12. The topological polar surface area (TPSA) is 60.5 Å². The summed E-state index contributed by atoms with van der Waals surface area (Å²) in [6.07, 6.45) is 0. The lowest BCUT2D eigenvalue weighted by Gasteiger charge is -2.09. The van der Waals surface area contributed by atoms with Crippen LogP contribution in [-0.4, -0.2) is 18.0 Å². The number of thiazole rings is 1. The molecule has 1 aromatic heterocycles. The molecule has 0 aliphatic carbocycles. The first-order chi connectivity index (χ1) is 12.2. The minimum Gasteiger partial charge on any atom is -0.487 e. The Balaban J connectivity index is 1.65. The zero-order valence-electron chi connectivity index (χ0n) is 13.8. The number of anilines is 1. The molecule has 0 spiro atoms. The van der Waals surface area contributed by atoms with Crippen LogP contribution in [0.3, 0.4) is 0 Å². The summed E-state index contributed by atoms with van der Waals surface area (Å²) in [6.45, 7) is 0.886. The maximum absolute atomic E-state index is 12.5. The Labute approximate surface area is 150 Å². The molecule has 0 saturated heterocycles. The maximum Gasteiger partial charge on any atom is 0.255 e. The third kappa shape index (κ3) is 4.89. The number of hydrogen-bond acceptors (Lipinski definition) is 5. The molecule has 3 rings (SSSR count). The van der Waals surface area contributed by atoms with Crippen LogP contribution in [0.1, 0.15) is 21.6 Å². The number of nitrogens with zero attached hydrogens (tertiary/aromatic N) is 1. The fraction of sp³-hybridized carbons (Fsp3) is 0.158. The molecule has 25 heavy (non-hydrogen) atoms. The first kappa shape index (κ1) is 17.1. The second-order valence-electron chi connectivity index (χ2n) is 5.38. The van der Waals surface area contributed by atoms with Gasteiger partial charge in [0.25, 0.3) is 5.91 Å². The smallest absolute Gasteiger partial charge is 0.255 e.